The molecule has 0 aliphatic carbocycles. The largest absolute Gasteiger partial charge is 0.494 e. The van der Waals surface area contributed by atoms with Crippen molar-refractivity contribution in [1.82, 2.24) is 10.6 Å². The van der Waals surface area contributed by atoms with E-state index in [0.717, 1.165) is 11.3 Å². The van der Waals surface area contributed by atoms with Crippen molar-refractivity contribution in [2.75, 3.05) is 13.2 Å². The molecule has 0 fully saturated rings. The van der Waals surface area contributed by atoms with E-state index in [4.69, 9.17) is 4.74 Å². The predicted molar refractivity (Wildman–Crippen MR) is 87.9 cm³/mol. The summed E-state index contributed by atoms with van der Waals surface area (Å²) in [6.07, 6.45) is 0.710. The van der Waals surface area contributed by atoms with Crippen LogP contribution in [0, 0.1) is 12.7 Å². The summed E-state index contributed by atoms with van der Waals surface area (Å²) in [7, 11) is 0. The van der Waals surface area contributed by atoms with Crippen LogP contribution in [0.3, 0.4) is 0 Å². The molecular weight excluding hydrogens is 295 g/mol. The summed E-state index contributed by atoms with van der Waals surface area (Å²) >= 11 is 0. The van der Waals surface area contributed by atoms with Crippen LogP contribution in [-0.4, -0.2) is 19.2 Å². The van der Waals surface area contributed by atoms with Gasteiger partial charge in [0.2, 0.25) is 0 Å². The molecule has 0 spiro atoms. The molecule has 0 saturated heterocycles. The fraction of sp³-hybridized carbons (Fsp3) is 0.278. The van der Waals surface area contributed by atoms with E-state index in [0.29, 0.717) is 26.1 Å². The fourth-order valence-electron chi connectivity index (χ4n) is 1.99. The van der Waals surface area contributed by atoms with Crippen LogP contribution < -0.4 is 15.4 Å². The number of amides is 2. The lowest BCUT2D eigenvalue weighted by molar-refractivity contribution is 0.238. The molecule has 2 aromatic carbocycles. The van der Waals surface area contributed by atoms with E-state index >= 15 is 0 Å². The number of carbonyl (C=O) groups excluding carboxylic acids is 1. The van der Waals surface area contributed by atoms with Crippen molar-refractivity contribution in [3.05, 3.63) is 65.5 Å². The van der Waals surface area contributed by atoms with E-state index in [1.165, 1.54) is 17.7 Å². The second kappa shape index (κ2) is 8.78. The van der Waals surface area contributed by atoms with Crippen molar-refractivity contribution < 1.29 is 13.9 Å². The summed E-state index contributed by atoms with van der Waals surface area (Å²) in [6, 6.07) is 13.7. The van der Waals surface area contributed by atoms with Gasteiger partial charge in [-0.3, -0.25) is 0 Å². The molecule has 2 amide bonds. The Hall–Kier alpha value is -2.56. The van der Waals surface area contributed by atoms with Crippen LogP contribution in [0.25, 0.3) is 0 Å². The van der Waals surface area contributed by atoms with Crippen LogP contribution in [0.2, 0.25) is 0 Å². The molecule has 0 bridgehead atoms. The van der Waals surface area contributed by atoms with E-state index in [2.05, 4.69) is 10.6 Å². The Morgan fingerprint density at radius 2 is 1.91 bits per heavy atom. The smallest absolute Gasteiger partial charge is 0.315 e. The standard InChI is InChI=1S/C18H21FN2O2/c1-14-6-8-17(9-7-14)23-11-3-10-20-18(22)21-13-15-4-2-5-16(19)12-15/h2,4-9,12H,3,10-11,13H2,1H3,(H2,20,21,22). The SMILES string of the molecule is Cc1ccc(OCCCNC(=O)NCc2cccc(F)c2)cc1. The van der Waals surface area contributed by atoms with E-state index in [1.54, 1.807) is 12.1 Å². The third-order valence-electron chi connectivity index (χ3n) is 3.24. The molecule has 122 valence electrons. The highest BCUT2D eigenvalue weighted by Gasteiger charge is 2.01. The van der Waals surface area contributed by atoms with Crippen LogP contribution in [0.15, 0.2) is 48.5 Å². The number of hydrogen-bond acceptors (Lipinski definition) is 2. The van der Waals surface area contributed by atoms with E-state index in [9.17, 15) is 9.18 Å². The molecule has 2 N–H and O–H groups in total. The summed E-state index contributed by atoms with van der Waals surface area (Å²) in [5.74, 6) is 0.518. The molecule has 0 saturated carbocycles. The van der Waals surface area contributed by atoms with Crippen molar-refractivity contribution in [3.8, 4) is 5.75 Å². The Kier molecular flexibility index (Phi) is 6.41. The molecule has 0 aliphatic rings. The third kappa shape index (κ3) is 6.38. The van der Waals surface area contributed by atoms with Crippen LogP contribution in [0.4, 0.5) is 9.18 Å². The first-order chi connectivity index (χ1) is 11.1. The van der Waals surface area contributed by atoms with E-state index < -0.39 is 0 Å². The Morgan fingerprint density at radius 1 is 1.13 bits per heavy atom. The lowest BCUT2D eigenvalue weighted by Crippen LogP contribution is -2.36. The van der Waals surface area contributed by atoms with Crippen LogP contribution in [0.1, 0.15) is 17.5 Å². The molecule has 4 nitrogen and oxygen atoms in total. The number of halogens is 1. The first-order valence-electron chi connectivity index (χ1n) is 7.59. The number of benzene rings is 2. The van der Waals surface area contributed by atoms with Crippen LogP contribution in [0.5, 0.6) is 5.75 Å². The first kappa shape index (κ1) is 16.8. The molecule has 5 heteroatoms. The summed E-state index contributed by atoms with van der Waals surface area (Å²) in [4.78, 5) is 11.6. The van der Waals surface area contributed by atoms with Gasteiger partial charge in [0.25, 0.3) is 0 Å². The zero-order valence-corrected chi connectivity index (χ0v) is 13.1. The number of urea groups is 1. The van der Waals surface area contributed by atoms with Crippen molar-refractivity contribution in [1.29, 1.82) is 0 Å². The normalized spacial score (nSPS) is 10.2. The van der Waals surface area contributed by atoms with Crippen LogP contribution in [-0.2, 0) is 6.54 Å². The quantitative estimate of drug-likeness (QED) is 0.769. The molecule has 2 aromatic rings. The Balaban J connectivity index is 1.57. The topological polar surface area (TPSA) is 50.4 Å². The molecule has 2 rings (SSSR count). The average molecular weight is 316 g/mol. The number of carbonyl (C=O) groups is 1. The van der Waals surface area contributed by atoms with Gasteiger partial charge in [0, 0.05) is 13.1 Å². The van der Waals surface area contributed by atoms with Gasteiger partial charge in [0.15, 0.2) is 0 Å². The molecule has 0 unspecified atom stereocenters. The predicted octanol–water partition coefficient (Wildman–Crippen LogP) is 3.40. The summed E-state index contributed by atoms with van der Waals surface area (Å²) < 4.78 is 18.6. The van der Waals surface area contributed by atoms with E-state index in [-0.39, 0.29) is 11.8 Å². The van der Waals surface area contributed by atoms with Gasteiger partial charge in [-0.25, -0.2) is 9.18 Å². The molecule has 23 heavy (non-hydrogen) atoms. The maximum absolute atomic E-state index is 13.0. The molecule has 0 atom stereocenters. The number of aryl methyl sites for hydroxylation is 1. The fourth-order valence-corrected chi connectivity index (χ4v) is 1.99. The van der Waals surface area contributed by atoms with Crippen molar-refractivity contribution in [2.45, 2.75) is 19.9 Å². The minimum atomic E-state index is -0.307. The zero-order chi connectivity index (χ0) is 16.5. The minimum Gasteiger partial charge on any atom is -0.494 e. The minimum absolute atomic E-state index is 0.274. The number of rotatable bonds is 7. The Morgan fingerprint density at radius 3 is 2.65 bits per heavy atom. The maximum Gasteiger partial charge on any atom is 0.315 e. The van der Waals surface area contributed by atoms with Gasteiger partial charge in [0.05, 0.1) is 6.61 Å². The van der Waals surface area contributed by atoms with Gasteiger partial charge in [0.1, 0.15) is 11.6 Å². The highest BCUT2D eigenvalue weighted by Crippen LogP contribution is 2.11. The molecule has 0 aromatic heterocycles. The number of nitrogens with one attached hydrogen (secondary N) is 2. The van der Waals surface area contributed by atoms with Gasteiger partial charge >= 0.3 is 6.03 Å². The van der Waals surface area contributed by atoms with Gasteiger partial charge < -0.3 is 15.4 Å². The molecule has 0 heterocycles. The second-order valence-electron chi connectivity index (χ2n) is 5.25. The third-order valence-corrected chi connectivity index (χ3v) is 3.24. The summed E-state index contributed by atoms with van der Waals surface area (Å²) in [5, 5.41) is 5.42. The monoisotopic (exact) mass is 316 g/mol. The van der Waals surface area contributed by atoms with Crippen molar-refractivity contribution >= 4 is 6.03 Å². The number of hydrogen-bond donors (Lipinski definition) is 2. The average Bonchev–Trinajstić information content (AvgIpc) is 2.54. The summed E-state index contributed by atoms with van der Waals surface area (Å²) in [5.41, 5.74) is 1.91. The second-order valence-corrected chi connectivity index (χ2v) is 5.25. The molecule has 0 radical (unpaired) electrons. The van der Waals surface area contributed by atoms with E-state index in [1.807, 2.05) is 31.2 Å². The lowest BCUT2D eigenvalue weighted by Gasteiger charge is -2.09. The van der Waals surface area contributed by atoms with Gasteiger partial charge in [-0.1, -0.05) is 29.8 Å². The zero-order valence-electron chi connectivity index (χ0n) is 13.1. The van der Waals surface area contributed by atoms with Gasteiger partial charge in [-0.2, -0.15) is 0 Å². The first-order valence-corrected chi connectivity index (χ1v) is 7.59. The Bertz CT molecular complexity index is 629. The van der Waals surface area contributed by atoms with Gasteiger partial charge in [-0.05, 0) is 43.2 Å². The molecule has 0 aliphatic heterocycles. The number of ether oxygens (including phenoxy) is 1. The highest BCUT2D eigenvalue weighted by atomic mass is 19.1. The van der Waals surface area contributed by atoms with Crippen molar-refractivity contribution in [3.63, 3.8) is 0 Å². The van der Waals surface area contributed by atoms with Crippen molar-refractivity contribution in [2.24, 2.45) is 0 Å². The lowest BCUT2D eigenvalue weighted by atomic mass is 10.2. The highest BCUT2D eigenvalue weighted by molar-refractivity contribution is 5.73. The van der Waals surface area contributed by atoms with Gasteiger partial charge in [-0.15, -0.1) is 0 Å². The van der Waals surface area contributed by atoms with Crippen LogP contribution >= 0.6 is 0 Å². The summed E-state index contributed by atoms with van der Waals surface area (Å²) in [6.45, 7) is 3.37. The maximum atomic E-state index is 13.0. The molecular formula is C18H21FN2O2. The Labute approximate surface area is 135 Å².